The predicted molar refractivity (Wildman–Crippen MR) is 81.6 cm³/mol. The van der Waals surface area contributed by atoms with E-state index < -0.39 is 0 Å². The van der Waals surface area contributed by atoms with Gasteiger partial charge in [0.15, 0.2) is 5.82 Å². The highest BCUT2D eigenvalue weighted by Crippen LogP contribution is 2.29. The fourth-order valence-corrected chi connectivity index (χ4v) is 2.32. The van der Waals surface area contributed by atoms with E-state index in [4.69, 9.17) is 21.1 Å². The van der Waals surface area contributed by atoms with E-state index in [1.54, 1.807) is 14.2 Å². The average Bonchev–Trinajstić information content (AvgIpc) is 2.45. The van der Waals surface area contributed by atoms with Crippen LogP contribution in [0.5, 0.6) is 0 Å². The highest BCUT2D eigenvalue weighted by atomic mass is 79.9. The van der Waals surface area contributed by atoms with Crippen LogP contribution in [0.25, 0.3) is 11.4 Å². The second-order valence-corrected chi connectivity index (χ2v) is 5.27. The molecule has 0 aliphatic carbocycles. The number of ether oxygens (including phenoxy) is 2. The van der Waals surface area contributed by atoms with Gasteiger partial charge in [-0.25, -0.2) is 9.97 Å². The molecule has 0 radical (unpaired) electrons. The Kier molecular flexibility index (Phi) is 5.48. The minimum atomic E-state index is 0.363. The molecule has 0 spiro atoms. The standard InChI is InChI=1S/C14H14BrClN2O2/c1-19-7-9-5-3-4-6-10(9)14-17-11(8-20-2)12(15)13(16)18-14/h3-6H,7-8H2,1-2H3. The van der Waals surface area contributed by atoms with Crippen molar-refractivity contribution >= 4 is 27.5 Å². The van der Waals surface area contributed by atoms with Gasteiger partial charge in [-0.05, 0) is 21.5 Å². The predicted octanol–water partition coefficient (Wildman–Crippen LogP) is 3.85. The van der Waals surface area contributed by atoms with Crippen LogP contribution in [-0.4, -0.2) is 24.2 Å². The lowest BCUT2D eigenvalue weighted by Gasteiger charge is -2.11. The average molecular weight is 358 g/mol. The maximum atomic E-state index is 6.15. The normalized spacial score (nSPS) is 10.8. The monoisotopic (exact) mass is 356 g/mol. The van der Waals surface area contributed by atoms with E-state index in [1.165, 1.54) is 0 Å². The zero-order valence-corrected chi connectivity index (χ0v) is 13.5. The summed E-state index contributed by atoms with van der Waals surface area (Å²) < 4.78 is 11.0. The van der Waals surface area contributed by atoms with Crippen LogP contribution >= 0.6 is 27.5 Å². The molecule has 20 heavy (non-hydrogen) atoms. The molecule has 2 rings (SSSR count). The van der Waals surface area contributed by atoms with Gasteiger partial charge in [0.25, 0.3) is 0 Å². The summed E-state index contributed by atoms with van der Waals surface area (Å²) in [5.41, 5.74) is 2.63. The highest BCUT2D eigenvalue weighted by molar-refractivity contribution is 9.10. The fraction of sp³-hybridized carbons (Fsp3) is 0.286. The van der Waals surface area contributed by atoms with Crippen LogP contribution in [0.4, 0.5) is 0 Å². The zero-order valence-electron chi connectivity index (χ0n) is 11.2. The molecule has 0 unspecified atom stereocenters. The number of halogens is 2. The number of hydrogen-bond acceptors (Lipinski definition) is 4. The molecule has 0 fully saturated rings. The molecule has 0 N–H and O–H groups in total. The second-order valence-electron chi connectivity index (χ2n) is 4.12. The largest absolute Gasteiger partial charge is 0.380 e. The quantitative estimate of drug-likeness (QED) is 0.762. The topological polar surface area (TPSA) is 44.2 Å². The summed E-state index contributed by atoms with van der Waals surface area (Å²) in [7, 11) is 3.27. The van der Waals surface area contributed by atoms with Crippen LogP contribution in [0.3, 0.4) is 0 Å². The van der Waals surface area contributed by atoms with Gasteiger partial charge in [0, 0.05) is 19.8 Å². The first-order chi connectivity index (χ1) is 9.67. The highest BCUT2D eigenvalue weighted by Gasteiger charge is 2.14. The third-order valence-corrected chi connectivity index (χ3v) is 4.05. The molecule has 106 valence electrons. The fourth-order valence-electron chi connectivity index (χ4n) is 1.84. The molecule has 0 aliphatic heterocycles. The van der Waals surface area contributed by atoms with Crippen molar-refractivity contribution in [2.45, 2.75) is 13.2 Å². The molecule has 0 aliphatic rings. The third kappa shape index (κ3) is 3.35. The van der Waals surface area contributed by atoms with Gasteiger partial charge in [0.1, 0.15) is 5.15 Å². The molecular formula is C14H14BrClN2O2. The zero-order chi connectivity index (χ0) is 14.5. The van der Waals surface area contributed by atoms with E-state index in [0.29, 0.717) is 28.7 Å². The first-order valence-electron chi connectivity index (χ1n) is 5.95. The second kappa shape index (κ2) is 7.13. The van der Waals surface area contributed by atoms with E-state index in [9.17, 15) is 0 Å². The van der Waals surface area contributed by atoms with Crippen molar-refractivity contribution in [2.24, 2.45) is 0 Å². The van der Waals surface area contributed by atoms with Gasteiger partial charge in [0.2, 0.25) is 0 Å². The first kappa shape index (κ1) is 15.4. The van der Waals surface area contributed by atoms with Crippen LogP contribution in [0, 0.1) is 0 Å². The Bertz CT molecular complexity index is 608. The van der Waals surface area contributed by atoms with Crippen molar-refractivity contribution in [1.29, 1.82) is 0 Å². The molecule has 4 nitrogen and oxygen atoms in total. The van der Waals surface area contributed by atoms with E-state index in [0.717, 1.165) is 16.8 Å². The lowest BCUT2D eigenvalue weighted by Crippen LogP contribution is -2.02. The molecule has 0 saturated carbocycles. The molecule has 1 heterocycles. The number of hydrogen-bond donors (Lipinski definition) is 0. The van der Waals surface area contributed by atoms with Crippen LogP contribution in [0.1, 0.15) is 11.3 Å². The Morgan fingerprint density at radius 2 is 1.80 bits per heavy atom. The Balaban J connectivity index is 2.52. The van der Waals surface area contributed by atoms with Crippen LogP contribution < -0.4 is 0 Å². The van der Waals surface area contributed by atoms with Crippen molar-refractivity contribution in [2.75, 3.05) is 14.2 Å². The van der Waals surface area contributed by atoms with Gasteiger partial charge >= 0.3 is 0 Å². The number of aromatic nitrogens is 2. The van der Waals surface area contributed by atoms with Gasteiger partial charge in [-0.3, -0.25) is 0 Å². The maximum Gasteiger partial charge on any atom is 0.161 e. The molecule has 0 atom stereocenters. The smallest absolute Gasteiger partial charge is 0.161 e. The molecule has 0 bridgehead atoms. The van der Waals surface area contributed by atoms with Gasteiger partial charge < -0.3 is 9.47 Å². The van der Waals surface area contributed by atoms with Crippen LogP contribution in [-0.2, 0) is 22.7 Å². The first-order valence-corrected chi connectivity index (χ1v) is 7.12. The Labute approximate surface area is 131 Å². The Morgan fingerprint density at radius 3 is 2.50 bits per heavy atom. The minimum Gasteiger partial charge on any atom is -0.380 e. The molecule has 0 amide bonds. The third-order valence-electron chi connectivity index (χ3n) is 2.72. The molecule has 0 saturated heterocycles. The van der Waals surface area contributed by atoms with E-state index >= 15 is 0 Å². The van der Waals surface area contributed by atoms with Crippen molar-refractivity contribution in [3.05, 3.63) is 45.1 Å². The molecule has 6 heteroatoms. The van der Waals surface area contributed by atoms with E-state index in [1.807, 2.05) is 24.3 Å². The van der Waals surface area contributed by atoms with Crippen LogP contribution in [0.2, 0.25) is 5.15 Å². The number of rotatable bonds is 5. The number of methoxy groups -OCH3 is 2. The van der Waals surface area contributed by atoms with Crippen molar-refractivity contribution in [3.63, 3.8) is 0 Å². The summed E-state index contributed by atoms with van der Waals surface area (Å²) in [6, 6.07) is 7.82. The lowest BCUT2D eigenvalue weighted by atomic mass is 10.1. The molecular weight excluding hydrogens is 344 g/mol. The van der Waals surface area contributed by atoms with Gasteiger partial charge in [-0.15, -0.1) is 0 Å². The SMILES string of the molecule is COCc1ccccc1-c1nc(Cl)c(Br)c(COC)n1. The van der Waals surface area contributed by atoms with Crippen molar-refractivity contribution < 1.29 is 9.47 Å². The maximum absolute atomic E-state index is 6.15. The Morgan fingerprint density at radius 1 is 1.10 bits per heavy atom. The van der Waals surface area contributed by atoms with E-state index in [-0.39, 0.29) is 0 Å². The summed E-state index contributed by atoms with van der Waals surface area (Å²) in [5, 5.41) is 0.370. The minimum absolute atomic E-state index is 0.363. The van der Waals surface area contributed by atoms with E-state index in [2.05, 4.69) is 25.9 Å². The van der Waals surface area contributed by atoms with Gasteiger partial charge in [0.05, 0.1) is 23.4 Å². The van der Waals surface area contributed by atoms with Crippen molar-refractivity contribution in [1.82, 2.24) is 9.97 Å². The molecule has 1 aromatic carbocycles. The number of nitrogens with zero attached hydrogens (tertiary/aromatic N) is 2. The molecule has 2 aromatic rings. The van der Waals surface area contributed by atoms with Crippen LogP contribution in [0.15, 0.2) is 28.7 Å². The summed E-state index contributed by atoms with van der Waals surface area (Å²) in [5.74, 6) is 0.568. The summed E-state index contributed by atoms with van der Waals surface area (Å²) >= 11 is 9.52. The van der Waals surface area contributed by atoms with Gasteiger partial charge in [-0.1, -0.05) is 35.9 Å². The lowest BCUT2D eigenvalue weighted by molar-refractivity contribution is 0.181. The summed E-state index contributed by atoms with van der Waals surface area (Å²) in [4.78, 5) is 8.84. The Hall–Kier alpha value is -1.01. The summed E-state index contributed by atoms with van der Waals surface area (Å²) in [6.45, 7) is 0.856. The summed E-state index contributed by atoms with van der Waals surface area (Å²) in [6.07, 6.45) is 0. The van der Waals surface area contributed by atoms with Gasteiger partial charge in [-0.2, -0.15) is 0 Å². The van der Waals surface area contributed by atoms with Crippen molar-refractivity contribution in [3.8, 4) is 11.4 Å². The number of benzene rings is 1. The molecule has 1 aromatic heterocycles.